The Morgan fingerprint density at radius 3 is 1.31 bits per heavy atom. The fourth-order valence-electron chi connectivity index (χ4n) is 7.02. The lowest BCUT2D eigenvalue weighted by Gasteiger charge is -2.22. The maximum absolute atomic E-state index is 6.49. The maximum atomic E-state index is 6.49. The molecule has 5 nitrogen and oxygen atoms in total. The van der Waals surface area contributed by atoms with Gasteiger partial charge in [-0.2, -0.15) is 0 Å². The summed E-state index contributed by atoms with van der Waals surface area (Å²) < 4.78 is 12.8. The van der Waals surface area contributed by atoms with Gasteiger partial charge in [0.1, 0.15) is 0 Å². The normalized spacial score (nSPS) is 11.6. The SMILES string of the molecule is c1ccc(-c2nc(-c3ccccc3)nc(-c3cccc(-c4cccc(-c5cccc(-c6ccc7c(c6)Oc6c(ccc8ccccc68)O7)c5)c4)c3)n2)cc1. The van der Waals surface area contributed by atoms with Gasteiger partial charge < -0.3 is 9.47 Å². The monoisotopic (exact) mass is 693 g/mol. The van der Waals surface area contributed by atoms with Crippen molar-refractivity contribution in [1.82, 2.24) is 15.0 Å². The first-order valence-corrected chi connectivity index (χ1v) is 17.9. The molecule has 54 heavy (non-hydrogen) atoms. The Balaban J connectivity index is 0.969. The van der Waals surface area contributed by atoms with Gasteiger partial charge in [0, 0.05) is 22.1 Å². The van der Waals surface area contributed by atoms with Gasteiger partial charge in [-0.05, 0) is 75.2 Å². The Hall–Kier alpha value is -7.37. The van der Waals surface area contributed by atoms with Crippen LogP contribution in [0.5, 0.6) is 23.0 Å². The van der Waals surface area contributed by atoms with Crippen LogP contribution in [0.25, 0.3) is 78.3 Å². The molecule has 0 saturated carbocycles. The third kappa shape index (κ3) is 5.94. The van der Waals surface area contributed by atoms with Crippen molar-refractivity contribution in [2.75, 3.05) is 0 Å². The van der Waals surface area contributed by atoms with Crippen LogP contribution in [0.15, 0.2) is 188 Å². The summed E-state index contributed by atoms with van der Waals surface area (Å²) in [5.74, 6) is 4.79. The highest BCUT2D eigenvalue weighted by Crippen LogP contribution is 2.49. The molecular weight excluding hydrogens is 663 g/mol. The second-order valence-corrected chi connectivity index (χ2v) is 13.3. The number of aromatic nitrogens is 3. The van der Waals surface area contributed by atoms with Gasteiger partial charge in [0.2, 0.25) is 0 Å². The molecule has 0 bridgehead atoms. The summed E-state index contributed by atoms with van der Waals surface area (Å²) >= 11 is 0. The van der Waals surface area contributed by atoms with E-state index in [1.54, 1.807) is 0 Å². The van der Waals surface area contributed by atoms with Gasteiger partial charge in [-0.3, -0.25) is 0 Å². The summed E-state index contributed by atoms with van der Waals surface area (Å²) in [6.07, 6.45) is 0. The molecular formula is C49H31N3O2. The first-order chi connectivity index (χ1) is 26.7. The summed E-state index contributed by atoms with van der Waals surface area (Å²) in [5, 5.41) is 2.14. The molecule has 5 heteroatoms. The first-order valence-electron chi connectivity index (χ1n) is 17.9. The molecule has 0 amide bonds. The average molecular weight is 694 g/mol. The van der Waals surface area contributed by atoms with Crippen molar-refractivity contribution in [1.29, 1.82) is 0 Å². The topological polar surface area (TPSA) is 57.1 Å². The molecule has 8 aromatic carbocycles. The zero-order valence-corrected chi connectivity index (χ0v) is 29.1. The van der Waals surface area contributed by atoms with E-state index in [1.807, 2.05) is 84.9 Å². The Labute approximate surface area is 312 Å². The molecule has 9 aromatic rings. The minimum atomic E-state index is 0.629. The summed E-state index contributed by atoms with van der Waals surface area (Å²) in [5.41, 5.74) is 9.37. The van der Waals surface area contributed by atoms with Gasteiger partial charge in [0.25, 0.3) is 0 Å². The molecule has 10 rings (SSSR count). The van der Waals surface area contributed by atoms with E-state index in [4.69, 9.17) is 24.4 Å². The van der Waals surface area contributed by atoms with Gasteiger partial charge in [0.15, 0.2) is 40.5 Å². The molecule has 1 aliphatic rings. The lowest BCUT2D eigenvalue weighted by Crippen LogP contribution is -2.00. The molecule has 0 saturated heterocycles. The van der Waals surface area contributed by atoms with Gasteiger partial charge in [-0.1, -0.05) is 152 Å². The van der Waals surface area contributed by atoms with Crippen molar-refractivity contribution in [2.24, 2.45) is 0 Å². The largest absolute Gasteiger partial charge is 0.449 e. The highest BCUT2D eigenvalue weighted by atomic mass is 16.6. The molecule has 0 atom stereocenters. The van der Waals surface area contributed by atoms with Crippen LogP contribution < -0.4 is 9.47 Å². The molecule has 254 valence electrons. The number of nitrogens with zero attached hydrogens (tertiary/aromatic N) is 3. The number of ether oxygens (including phenoxy) is 2. The van der Waals surface area contributed by atoms with E-state index in [-0.39, 0.29) is 0 Å². The van der Waals surface area contributed by atoms with Crippen molar-refractivity contribution >= 4 is 10.8 Å². The molecule has 0 spiro atoms. The predicted octanol–water partition coefficient (Wildman–Crippen LogP) is 12.9. The van der Waals surface area contributed by atoms with E-state index >= 15 is 0 Å². The molecule has 2 heterocycles. The standard InChI is InChI=1S/C49H31N3O2/c1-3-13-33(14-4-1)47-50-48(34-15-5-2-6-16-34)52-49(51-47)41-22-11-21-39(30-41)37-19-9-17-35(28-37)36-18-10-20-38(29-36)40-25-26-43-45(31-40)54-46-42-23-8-7-12-32(42)24-27-44(46)53-43/h1-31H. The summed E-state index contributed by atoms with van der Waals surface area (Å²) in [4.78, 5) is 14.8. The van der Waals surface area contributed by atoms with Crippen molar-refractivity contribution in [3.63, 3.8) is 0 Å². The number of hydrogen-bond acceptors (Lipinski definition) is 5. The van der Waals surface area contributed by atoms with Crippen molar-refractivity contribution in [3.8, 4) is 90.5 Å². The highest BCUT2D eigenvalue weighted by Gasteiger charge is 2.22. The van der Waals surface area contributed by atoms with Crippen molar-refractivity contribution in [3.05, 3.63) is 188 Å². The second kappa shape index (κ2) is 13.3. The van der Waals surface area contributed by atoms with E-state index in [0.717, 1.165) is 72.3 Å². The molecule has 0 radical (unpaired) electrons. The fourth-order valence-corrected chi connectivity index (χ4v) is 7.02. The predicted molar refractivity (Wildman–Crippen MR) is 217 cm³/mol. The lowest BCUT2D eigenvalue weighted by atomic mass is 9.95. The van der Waals surface area contributed by atoms with Crippen molar-refractivity contribution < 1.29 is 9.47 Å². The quantitative estimate of drug-likeness (QED) is 0.173. The lowest BCUT2D eigenvalue weighted by molar-refractivity contribution is 0.363. The summed E-state index contributed by atoms with van der Waals surface area (Å²) in [6, 6.07) is 64.2. The van der Waals surface area contributed by atoms with E-state index < -0.39 is 0 Å². The zero-order chi connectivity index (χ0) is 35.8. The van der Waals surface area contributed by atoms with Gasteiger partial charge >= 0.3 is 0 Å². The van der Waals surface area contributed by atoms with Gasteiger partial charge in [0.05, 0.1) is 0 Å². The second-order valence-electron chi connectivity index (χ2n) is 13.3. The Morgan fingerprint density at radius 1 is 0.278 bits per heavy atom. The van der Waals surface area contributed by atoms with Gasteiger partial charge in [-0.25, -0.2) is 15.0 Å². The number of benzene rings is 8. The Bertz CT molecular complexity index is 2780. The number of fused-ring (bicyclic) bond motifs is 4. The van der Waals surface area contributed by atoms with Crippen LogP contribution in [0.3, 0.4) is 0 Å². The average Bonchev–Trinajstić information content (AvgIpc) is 3.26. The van der Waals surface area contributed by atoms with E-state index in [1.165, 1.54) is 0 Å². The van der Waals surface area contributed by atoms with Gasteiger partial charge in [-0.15, -0.1) is 0 Å². The van der Waals surface area contributed by atoms with Crippen LogP contribution in [0.1, 0.15) is 0 Å². The van der Waals surface area contributed by atoms with E-state index in [2.05, 4.69) is 103 Å². The molecule has 1 aliphatic heterocycles. The minimum absolute atomic E-state index is 0.629. The number of rotatable bonds is 6. The Morgan fingerprint density at radius 2 is 0.722 bits per heavy atom. The van der Waals surface area contributed by atoms with Crippen LogP contribution in [-0.4, -0.2) is 15.0 Å². The maximum Gasteiger partial charge on any atom is 0.177 e. The molecule has 0 N–H and O–H groups in total. The zero-order valence-electron chi connectivity index (χ0n) is 29.1. The van der Waals surface area contributed by atoms with E-state index in [9.17, 15) is 0 Å². The molecule has 0 aliphatic carbocycles. The fraction of sp³-hybridized carbons (Fsp3) is 0. The molecule has 0 unspecified atom stereocenters. The van der Waals surface area contributed by atoms with Crippen LogP contribution in [0, 0.1) is 0 Å². The van der Waals surface area contributed by atoms with Crippen molar-refractivity contribution in [2.45, 2.75) is 0 Å². The van der Waals surface area contributed by atoms with Crippen LogP contribution in [-0.2, 0) is 0 Å². The van der Waals surface area contributed by atoms with Crippen LogP contribution >= 0.6 is 0 Å². The van der Waals surface area contributed by atoms with Crippen LogP contribution in [0.2, 0.25) is 0 Å². The summed E-state index contributed by atoms with van der Waals surface area (Å²) in [6.45, 7) is 0. The smallest absolute Gasteiger partial charge is 0.177 e. The number of hydrogen-bond donors (Lipinski definition) is 0. The molecule has 0 fully saturated rings. The third-order valence-electron chi connectivity index (χ3n) is 9.76. The Kier molecular flexibility index (Phi) is 7.73. The highest BCUT2D eigenvalue weighted by molar-refractivity contribution is 5.92. The minimum Gasteiger partial charge on any atom is -0.449 e. The molecule has 1 aromatic heterocycles. The van der Waals surface area contributed by atoms with Crippen LogP contribution in [0.4, 0.5) is 0 Å². The third-order valence-corrected chi connectivity index (χ3v) is 9.76. The van der Waals surface area contributed by atoms with E-state index in [0.29, 0.717) is 29.0 Å². The summed E-state index contributed by atoms with van der Waals surface area (Å²) in [7, 11) is 0. The first kappa shape index (κ1) is 31.4.